The van der Waals surface area contributed by atoms with Gasteiger partial charge in [-0.2, -0.15) is 0 Å². The molecule has 0 radical (unpaired) electrons. The molecule has 0 fully saturated rings. The van der Waals surface area contributed by atoms with Crippen LogP contribution < -0.4 is 5.32 Å². The molecule has 0 aliphatic rings. The predicted molar refractivity (Wildman–Crippen MR) is 81.0 cm³/mol. The van der Waals surface area contributed by atoms with E-state index in [-0.39, 0.29) is 18.5 Å². The Morgan fingerprint density at radius 2 is 2.19 bits per heavy atom. The van der Waals surface area contributed by atoms with Crippen LogP contribution in [0.15, 0.2) is 36.9 Å². The fourth-order valence-electron chi connectivity index (χ4n) is 1.77. The average Bonchev–Trinajstić information content (AvgIpc) is 2.49. The van der Waals surface area contributed by atoms with Crippen LogP contribution in [0, 0.1) is 0 Å². The van der Waals surface area contributed by atoms with Crippen LogP contribution in [0.25, 0.3) is 0 Å². The van der Waals surface area contributed by atoms with Crippen molar-refractivity contribution in [2.24, 2.45) is 0 Å². The molecule has 1 N–H and O–H groups in total. The van der Waals surface area contributed by atoms with Gasteiger partial charge < -0.3 is 5.32 Å². The molecule has 21 heavy (non-hydrogen) atoms. The van der Waals surface area contributed by atoms with Crippen molar-refractivity contribution < 1.29 is 4.79 Å². The summed E-state index contributed by atoms with van der Waals surface area (Å²) in [5, 5.41) is 3.25. The molecule has 1 amide bonds. The molecular weight excluding hydrogens is 290 g/mol. The van der Waals surface area contributed by atoms with Crippen LogP contribution >= 0.6 is 11.6 Å². The van der Waals surface area contributed by atoms with E-state index < -0.39 is 0 Å². The lowest BCUT2D eigenvalue weighted by Gasteiger charge is -2.23. The smallest absolute Gasteiger partial charge is 0.239 e. The summed E-state index contributed by atoms with van der Waals surface area (Å²) >= 11 is 5.75. The number of amides is 1. The SMILES string of the molecule is C[C@H](c1ccncn1)N(C)CC(=O)Nc1ccc(Cl)cn1. The van der Waals surface area contributed by atoms with Crippen molar-refractivity contribution in [1.29, 1.82) is 0 Å². The number of halogens is 1. The lowest BCUT2D eigenvalue weighted by atomic mass is 10.2. The maximum atomic E-state index is 12.0. The van der Waals surface area contributed by atoms with Gasteiger partial charge in [-0.05, 0) is 32.2 Å². The normalized spacial score (nSPS) is 12.2. The lowest BCUT2D eigenvalue weighted by molar-refractivity contribution is -0.117. The standard InChI is InChI=1S/C14H16ClN5O/c1-10(12-5-6-16-9-18-12)20(2)8-14(21)19-13-4-3-11(15)7-17-13/h3-7,9-10H,8H2,1-2H3,(H,17,19,21)/t10-/m1/s1. The molecule has 2 aromatic rings. The molecular formula is C14H16ClN5O. The number of nitrogens with one attached hydrogen (secondary N) is 1. The summed E-state index contributed by atoms with van der Waals surface area (Å²) in [6, 6.07) is 5.18. The monoisotopic (exact) mass is 305 g/mol. The van der Waals surface area contributed by atoms with Crippen molar-refractivity contribution in [1.82, 2.24) is 19.9 Å². The zero-order chi connectivity index (χ0) is 15.2. The minimum atomic E-state index is -0.145. The molecule has 110 valence electrons. The van der Waals surface area contributed by atoms with E-state index in [2.05, 4.69) is 20.3 Å². The van der Waals surface area contributed by atoms with Gasteiger partial charge in [0.2, 0.25) is 5.91 Å². The van der Waals surface area contributed by atoms with Gasteiger partial charge in [0.25, 0.3) is 0 Å². The number of hydrogen-bond acceptors (Lipinski definition) is 5. The van der Waals surface area contributed by atoms with E-state index in [1.54, 1.807) is 18.3 Å². The van der Waals surface area contributed by atoms with E-state index in [0.29, 0.717) is 10.8 Å². The molecule has 2 rings (SSSR count). The Hall–Kier alpha value is -2.05. The molecule has 0 aliphatic carbocycles. The number of likely N-dealkylation sites (N-methyl/N-ethyl adjacent to an activating group) is 1. The van der Waals surface area contributed by atoms with Crippen molar-refractivity contribution in [3.05, 3.63) is 47.6 Å². The first-order valence-electron chi connectivity index (χ1n) is 6.44. The van der Waals surface area contributed by atoms with E-state index >= 15 is 0 Å². The summed E-state index contributed by atoms with van der Waals surface area (Å²) in [7, 11) is 1.86. The third kappa shape index (κ3) is 4.47. The molecule has 2 heterocycles. The van der Waals surface area contributed by atoms with Gasteiger partial charge in [-0.3, -0.25) is 9.69 Å². The minimum absolute atomic E-state index is 0.0110. The van der Waals surface area contributed by atoms with Crippen LogP contribution in [0.3, 0.4) is 0 Å². The molecule has 0 saturated carbocycles. The second kappa shape index (κ2) is 7.10. The summed E-state index contributed by atoms with van der Waals surface area (Å²) in [5.74, 6) is 0.334. The van der Waals surface area contributed by atoms with Crippen molar-refractivity contribution in [2.75, 3.05) is 18.9 Å². The maximum absolute atomic E-state index is 12.0. The van der Waals surface area contributed by atoms with Gasteiger partial charge in [-0.25, -0.2) is 15.0 Å². The highest BCUT2D eigenvalue weighted by molar-refractivity contribution is 6.30. The average molecular weight is 306 g/mol. The van der Waals surface area contributed by atoms with E-state index in [9.17, 15) is 4.79 Å². The van der Waals surface area contributed by atoms with Crippen molar-refractivity contribution in [3.8, 4) is 0 Å². The Labute approximate surface area is 128 Å². The number of anilines is 1. The van der Waals surface area contributed by atoms with Gasteiger partial charge in [0.15, 0.2) is 0 Å². The third-order valence-corrected chi connectivity index (χ3v) is 3.31. The zero-order valence-electron chi connectivity index (χ0n) is 11.8. The van der Waals surface area contributed by atoms with Gasteiger partial charge in [0, 0.05) is 18.4 Å². The number of rotatable bonds is 5. The first-order valence-corrected chi connectivity index (χ1v) is 6.81. The lowest BCUT2D eigenvalue weighted by Crippen LogP contribution is -2.32. The van der Waals surface area contributed by atoms with E-state index in [0.717, 1.165) is 5.69 Å². The van der Waals surface area contributed by atoms with E-state index in [4.69, 9.17) is 11.6 Å². The number of hydrogen-bond donors (Lipinski definition) is 1. The quantitative estimate of drug-likeness (QED) is 0.916. The Balaban J connectivity index is 1.91. The van der Waals surface area contributed by atoms with Crippen molar-refractivity contribution in [2.45, 2.75) is 13.0 Å². The van der Waals surface area contributed by atoms with Gasteiger partial charge in [-0.15, -0.1) is 0 Å². The van der Waals surface area contributed by atoms with E-state index in [1.807, 2.05) is 24.9 Å². The molecule has 1 atom stereocenters. The van der Waals surface area contributed by atoms with Crippen LogP contribution in [0.2, 0.25) is 5.02 Å². The first kappa shape index (κ1) is 15.3. The van der Waals surface area contributed by atoms with Gasteiger partial charge in [0.05, 0.1) is 17.3 Å². The highest BCUT2D eigenvalue weighted by atomic mass is 35.5. The molecule has 0 saturated heterocycles. The van der Waals surface area contributed by atoms with Crippen LogP contribution in [0.4, 0.5) is 5.82 Å². The summed E-state index contributed by atoms with van der Waals surface area (Å²) in [6.07, 6.45) is 4.67. The number of nitrogens with zero attached hydrogens (tertiary/aromatic N) is 4. The fraction of sp³-hybridized carbons (Fsp3) is 0.286. The number of carbonyl (C=O) groups is 1. The topological polar surface area (TPSA) is 71.0 Å². The summed E-state index contributed by atoms with van der Waals surface area (Å²) in [5.41, 5.74) is 0.866. The van der Waals surface area contributed by atoms with Gasteiger partial charge in [-0.1, -0.05) is 11.6 Å². The van der Waals surface area contributed by atoms with Crippen LogP contribution in [-0.4, -0.2) is 39.4 Å². The molecule has 6 nitrogen and oxygen atoms in total. The Kier molecular flexibility index (Phi) is 5.19. The molecule has 0 aromatic carbocycles. The second-order valence-corrected chi connectivity index (χ2v) is 5.07. The summed E-state index contributed by atoms with van der Waals surface area (Å²) in [6.45, 7) is 2.21. The fourth-order valence-corrected chi connectivity index (χ4v) is 1.88. The summed E-state index contributed by atoms with van der Waals surface area (Å²) < 4.78 is 0. The zero-order valence-corrected chi connectivity index (χ0v) is 12.6. The third-order valence-electron chi connectivity index (χ3n) is 3.08. The minimum Gasteiger partial charge on any atom is -0.310 e. The van der Waals surface area contributed by atoms with Crippen LogP contribution in [0.5, 0.6) is 0 Å². The van der Waals surface area contributed by atoms with Crippen molar-refractivity contribution >= 4 is 23.3 Å². The van der Waals surface area contributed by atoms with Crippen LogP contribution in [0.1, 0.15) is 18.7 Å². The molecule has 2 aromatic heterocycles. The molecule has 0 aliphatic heterocycles. The van der Waals surface area contributed by atoms with E-state index in [1.165, 1.54) is 12.5 Å². The Bertz CT molecular complexity index is 590. The largest absolute Gasteiger partial charge is 0.310 e. The molecule has 0 unspecified atom stereocenters. The first-order chi connectivity index (χ1) is 10.1. The second-order valence-electron chi connectivity index (χ2n) is 4.64. The highest BCUT2D eigenvalue weighted by Crippen LogP contribution is 2.15. The summed E-state index contributed by atoms with van der Waals surface area (Å²) in [4.78, 5) is 26.0. The highest BCUT2D eigenvalue weighted by Gasteiger charge is 2.16. The van der Waals surface area contributed by atoms with Gasteiger partial charge in [0.1, 0.15) is 12.1 Å². The Morgan fingerprint density at radius 3 is 2.81 bits per heavy atom. The number of carbonyl (C=O) groups excluding carboxylic acids is 1. The van der Waals surface area contributed by atoms with Crippen LogP contribution in [-0.2, 0) is 4.79 Å². The molecule has 7 heteroatoms. The molecule has 0 spiro atoms. The Morgan fingerprint density at radius 1 is 1.38 bits per heavy atom. The van der Waals surface area contributed by atoms with Gasteiger partial charge >= 0.3 is 0 Å². The predicted octanol–water partition coefficient (Wildman–Crippen LogP) is 2.16. The number of pyridine rings is 1. The molecule has 0 bridgehead atoms. The van der Waals surface area contributed by atoms with Crippen molar-refractivity contribution in [3.63, 3.8) is 0 Å². The maximum Gasteiger partial charge on any atom is 0.239 e. The number of aromatic nitrogens is 3.